The van der Waals surface area contributed by atoms with Crippen molar-refractivity contribution in [1.82, 2.24) is 8.87 Å². The average Bonchev–Trinajstić information content (AvgIpc) is 3.21. The lowest BCUT2D eigenvalue weighted by molar-refractivity contribution is 0.101. The molecule has 25 heavy (non-hydrogen) atoms. The Labute approximate surface area is 146 Å². The molecule has 0 aliphatic carbocycles. The second-order valence-electron chi connectivity index (χ2n) is 6.20. The maximum atomic E-state index is 13.6. The first-order valence-electron chi connectivity index (χ1n) is 8.03. The number of benzene rings is 1. The molecule has 1 N–H and O–H groups in total. The first-order valence-corrected chi connectivity index (χ1v) is 9.47. The number of anilines is 1. The second kappa shape index (κ2) is 6.61. The predicted octanol–water partition coefficient (Wildman–Crippen LogP) is 2.51. The third-order valence-corrected chi connectivity index (χ3v) is 6.21. The van der Waals surface area contributed by atoms with Crippen molar-refractivity contribution >= 4 is 21.6 Å². The van der Waals surface area contributed by atoms with Crippen LogP contribution in [0.1, 0.15) is 28.9 Å². The maximum absolute atomic E-state index is 13.6. The van der Waals surface area contributed by atoms with Gasteiger partial charge in [-0.15, -0.1) is 0 Å². The van der Waals surface area contributed by atoms with Crippen molar-refractivity contribution in [2.24, 2.45) is 7.05 Å². The summed E-state index contributed by atoms with van der Waals surface area (Å²) < 4.78 is 41.7. The van der Waals surface area contributed by atoms with E-state index in [-0.39, 0.29) is 10.6 Å². The van der Waals surface area contributed by atoms with Crippen LogP contribution in [0.25, 0.3) is 0 Å². The van der Waals surface area contributed by atoms with Gasteiger partial charge in [0.25, 0.3) is 5.91 Å². The minimum absolute atomic E-state index is 0.0946. The van der Waals surface area contributed by atoms with E-state index in [0.717, 1.165) is 12.8 Å². The monoisotopic (exact) mass is 365 g/mol. The van der Waals surface area contributed by atoms with E-state index in [1.54, 1.807) is 26.1 Å². The number of aromatic nitrogens is 1. The summed E-state index contributed by atoms with van der Waals surface area (Å²) in [4.78, 5) is 12.5. The summed E-state index contributed by atoms with van der Waals surface area (Å²) in [7, 11) is -1.98. The molecule has 3 rings (SSSR count). The van der Waals surface area contributed by atoms with Gasteiger partial charge in [-0.2, -0.15) is 4.31 Å². The third-order valence-electron chi connectivity index (χ3n) is 4.35. The van der Waals surface area contributed by atoms with Gasteiger partial charge in [-0.05, 0) is 43.5 Å². The predicted molar refractivity (Wildman–Crippen MR) is 92.5 cm³/mol. The molecule has 0 saturated carbocycles. The molecule has 2 aromatic rings. The van der Waals surface area contributed by atoms with Gasteiger partial charge in [-0.3, -0.25) is 4.79 Å². The number of carbonyl (C=O) groups is 1. The quantitative estimate of drug-likeness (QED) is 0.905. The van der Waals surface area contributed by atoms with Crippen molar-refractivity contribution < 1.29 is 17.6 Å². The lowest BCUT2D eigenvalue weighted by Crippen LogP contribution is -2.27. The van der Waals surface area contributed by atoms with Gasteiger partial charge in [0.2, 0.25) is 10.0 Å². The van der Waals surface area contributed by atoms with Crippen LogP contribution in [0.3, 0.4) is 0 Å². The minimum Gasteiger partial charge on any atom is -0.345 e. The number of hydrogen-bond acceptors (Lipinski definition) is 3. The Bertz CT molecular complexity index is 915. The fourth-order valence-corrected chi connectivity index (χ4v) is 4.43. The SMILES string of the molecule is Cc1ccc(NC(=O)c2cc(S(=O)(=O)N3CCCC3)cn2C)cc1F. The molecule has 0 radical (unpaired) electrons. The Hall–Kier alpha value is -2.19. The van der Waals surface area contributed by atoms with Crippen LogP contribution < -0.4 is 5.32 Å². The van der Waals surface area contributed by atoms with E-state index in [1.165, 1.54) is 27.2 Å². The number of nitrogens with one attached hydrogen (secondary N) is 1. The standard InChI is InChI=1S/C17H20FN3O3S/c1-12-5-6-13(9-15(12)18)19-17(22)16-10-14(11-20(16)2)25(23,24)21-7-3-4-8-21/h5-6,9-11H,3-4,7-8H2,1-2H3,(H,19,22). The van der Waals surface area contributed by atoms with Crippen LogP contribution in [0.15, 0.2) is 35.4 Å². The largest absolute Gasteiger partial charge is 0.345 e. The van der Waals surface area contributed by atoms with Crippen LogP contribution in [0.4, 0.5) is 10.1 Å². The summed E-state index contributed by atoms with van der Waals surface area (Å²) >= 11 is 0. The number of nitrogens with zero attached hydrogens (tertiary/aromatic N) is 2. The topological polar surface area (TPSA) is 71.4 Å². The Morgan fingerprint density at radius 3 is 2.52 bits per heavy atom. The molecule has 1 saturated heterocycles. The molecular formula is C17H20FN3O3S. The zero-order chi connectivity index (χ0) is 18.2. The van der Waals surface area contributed by atoms with Gasteiger partial charge in [-0.1, -0.05) is 6.07 Å². The van der Waals surface area contributed by atoms with Crippen molar-refractivity contribution in [2.45, 2.75) is 24.7 Å². The number of carbonyl (C=O) groups excluding carboxylic acids is 1. The first-order chi connectivity index (χ1) is 11.8. The Morgan fingerprint density at radius 2 is 1.88 bits per heavy atom. The zero-order valence-corrected chi connectivity index (χ0v) is 14.9. The molecule has 0 atom stereocenters. The summed E-state index contributed by atoms with van der Waals surface area (Å²) in [6.07, 6.45) is 3.12. The highest BCUT2D eigenvalue weighted by atomic mass is 32.2. The van der Waals surface area contributed by atoms with E-state index < -0.39 is 21.7 Å². The summed E-state index contributed by atoms with van der Waals surface area (Å²) in [6, 6.07) is 5.76. The van der Waals surface area contributed by atoms with Crippen LogP contribution in [0, 0.1) is 12.7 Å². The van der Waals surface area contributed by atoms with Crippen LogP contribution in [0.2, 0.25) is 0 Å². The average molecular weight is 365 g/mol. The summed E-state index contributed by atoms with van der Waals surface area (Å²) in [5.41, 5.74) is 0.993. The van der Waals surface area contributed by atoms with E-state index >= 15 is 0 Å². The smallest absolute Gasteiger partial charge is 0.272 e. The lowest BCUT2D eigenvalue weighted by atomic mass is 10.2. The van der Waals surface area contributed by atoms with Gasteiger partial charge in [0, 0.05) is 32.0 Å². The molecule has 0 spiro atoms. The van der Waals surface area contributed by atoms with Gasteiger partial charge in [0.05, 0.1) is 0 Å². The van der Waals surface area contributed by atoms with Crippen molar-refractivity contribution in [3.8, 4) is 0 Å². The van der Waals surface area contributed by atoms with Crippen molar-refractivity contribution in [2.75, 3.05) is 18.4 Å². The Morgan fingerprint density at radius 1 is 1.20 bits per heavy atom. The molecule has 1 aliphatic heterocycles. The second-order valence-corrected chi connectivity index (χ2v) is 8.14. The van der Waals surface area contributed by atoms with Crippen LogP contribution in [-0.4, -0.2) is 36.3 Å². The van der Waals surface area contributed by atoms with E-state index in [0.29, 0.717) is 24.3 Å². The van der Waals surface area contributed by atoms with Gasteiger partial charge >= 0.3 is 0 Å². The van der Waals surface area contributed by atoms with Gasteiger partial charge in [0.15, 0.2) is 0 Å². The number of aryl methyl sites for hydroxylation is 2. The van der Waals surface area contributed by atoms with E-state index in [4.69, 9.17) is 0 Å². The lowest BCUT2D eigenvalue weighted by Gasteiger charge is -2.13. The summed E-state index contributed by atoms with van der Waals surface area (Å²) in [5, 5.41) is 2.59. The molecule has 1 aromatic heterocycles. The van der Waals surface area contributed by atoms with E-state index in [2.05, 4.69) is 5.32 Å². The molecule has 1 fully saturated rings. The highest BCUT2D eigenvalue weighted by Crippen LogP contribution is 2.23. The van der Waals surface area contributed by atoms with Crippen molar-refractivity contribution in [3.63, 3.8) is 0 Å². The van der Waals surface area contributed by atoms with Gasteiger partial charge in [-0.25, -0.2) is 12.8 Å². The van der Waals surface area contributed by atoms with Crippen LogP contribution >= 0.6 is 0 Å². The van der Waals surface area contributed by atoms with Gasteiger partial charge < -0.3 is 9.88 Å². The number of amides is 1. The van der Waals surface area contributed by atoms with E-state index in [9.17, 15) is 17.6 Å². The molecule has 0 unspecified atom stereocenters. The molecule has 1 aliphatic rings. The number of rotatable bonds is 4. The molecule has 1 amide bonds. The molecule has 1 aromatic carbocycles. The van der Waals surface area contributed by atoms with Crippen molar-refractivity contribution in [1.29, 1.82) is 0 Å². The molecule has 6 nitrogen and oxygen atoms in total. The fraction of sp³-hybridized carbons (Fsp3) is 0.353. The number of sulfonamides is 1. The molecule has 2 heterocycles. The molecule has 8 heteroatoms. The third kappa shape index (κ3) is 3.45. The highest BCUT2D eigenvalue weighted by molar-refractivity contribution is 7.89. The molecular weight excluding hydrogens is 345 g/mol. The Balaban J connectivity index is 1.84. The van der Waals surface area contributed by atoms with Gasteiger partial charge in [0.1, 0.15) is 16.4 Å². The van der Waals surface area contributed by atoms with Crippen LogP contribution in [-0.2, 0) is 17.1 Å². The minimum atomic E-state index is -3.59. The van der Waals surface area contributed by atoms with Crippen LogP contribution in [0.5, 0.6) is 0 Å². The fourth-order valence-electron chi connectivity index (χ4n) is 2.84. The summed E-state index contributed by atoms with van der Waals surface area (Å²) in [6.45, 7) is 2.64. The molecule has 0 bridgehead atoms. The first kappa shape index (κ1) is 17.6. The molecule has 134 valence electrons. The van der Waals surface area contributed by atoms with E-state index in [1.807, 2.05) is 0 Å². The van der Waals surface area contributed by atoms with Crippen molar-refractivity contribution in [3.05, 3.63) is 47.5 Å². The highest BCUT2D eigenvalue weighted by Gasteiger charge is 2.29. The zero-order valence-electron chi connectivity index (χ0n) is 14.1. The number of halogens is 1. The normalized spacial score (nSPS) is 15.5. The maximum Gasteiger partial charge on any atom is 0.272 e. The summed E-state index contributed by atoms with van der Waals surface area (Å²) in [5.74, 6) is -0.907. The Kier molecular flexibility index (Phi) is 4.66. The number of hydrogen-bond donors (Lipinski definition) is 1.